The van der Waals surface area contributed by atoms with Crippen LogP contribution in [0.1, 0.15) is 41.7 Å². The molecule has 164 valence electrons. The Balaban J connectivity index is 1.40. The lowest BCUT2D eigenvalue weighted by molar-refractivity contribution is -0.118. The molecule has 0 amide bonds. The Bertz CT molecular complexity index is 1210. The summed E-state index contributed by atoms with van der Waals surface area (Å²) in [6, 6.07) is 15.8. The standard InChI is InChI=1S/C24H27N7O/c1-4-30-22(14-13-21(32)15-20-12-8-9-17(2)18(20)3)25-26-23(30)16-31-28-24(27-29-31)19-10-6-5-7-11-19/h5-12H,4,13-16H2,1-3H3. The van der Waals surface area contributed by atoms with Crippen LogP contribution in [0.25, 0.3) is 11.4 Å². The van der Waals surface area contributed by atoms with E-state index in [2.05, 4.69) is 45.5 Å². The SMILES string of the molecule is CCn1c(CCC(=O)Cc2cccc(C)c2C)nnc1Cn1nnc(-c2ccccc2)n1. The van der Waals surface area contributed by atoms with Crippen LogP contribution in [0.3, 0.4) is 0 Å². The molecule has 8 heteroatoms. The molecule has 0 spiro atoms. The van der Waals surface area contributed by atoms with Crippen LogP contribution < -0.4 is 0 Å². The van der Waals surface area contributed by atoms with Crippen LogP contribution in [0, 0.1) is 13.8 Å². The van der Waals surface area contributed by atoms with Crippen LogP contribution in [-0.4, -0.2) is 40.8 Å². The number of nitrogens with zero attached hydrogens (tertiary/aromatic N) is 7. The highest BCUT2D eigenvalue weighted by atomic mass is 16.1. The van der Waals surface area contributed by atoms with Gasteiger partial charge in [0.25, 0.3) is 0 Å². The first-order valence-electron chi connectivity index (χ1n) is 10.9. The second kappa shape index (κ2) is 9.64. The predicted octanol–water partition coefficient (Wildman–Crippen LogP) is 3.36. The number of rotatable bonds is 9. The second-order valence-electron chi connectivity index (χ2n) is 7.86. The van der Waals surface area contributed by atoms with E-state index in [4.69, 9.17) is 0 Å². The number of aromatic nitrogens is 7. The molecule has 4 rings (SSSR count). The minimum absolute atomic E-state index is 0.205. The lowest BCUT2D eigenvalue weighted by atomic mass is 9.98. The van der Waals surface area contributed by atoms with E-state index in [-0.39, 0.29) is 5.78 Å². The summed E-state index contributed by atoms with van der Waals surface area (Å²) in [4.78, 5) is 14.1. The third-order valence-corrected chi connectivity index (χ3v) is 5.72. The van der Waals surface area contributed by atoms with Gasteiger partial charge < -0.3 is 4.57 Å². The van der Waals surface area contributed by atoms with Gasteiger partial charge >= 0.3 is 0 Å². The molecule has 4 aromatic rings. The Kier molecular flexibility index (Phi) is 6.49. The number of benzene rings is 2. The van der Waals surface area contributed by atoms with E-state index in [0.717, 1.165) is 22.8 Å². The zero-order chi connectivity index (χ0) is 22.5. The molecule has 0 radical (unpaired) electrons. The molecular formula is C24H27N7O. The summed E-state index contributed by atoms with van der Waals surface area (Å²) in [7, 11) is 0. The predicted molar refractivity (Wildman–Crippen MR) is 121 cm³/mol. The van der Waals surface area contributed by atoms with Gasteiger partial charge in [-0.15, -0.1) is 20.4 Å². The lowest BCUT2D eigenvalue weighted by Crippen LogP contribution is -2.13. The Morgan fingerprint density at radius 2 is 1.72 bits per heavy atom. The summed E-state index contributed by atoms with van der Waals surface area (Å²) in [5.74, 6) is 2.34. The van der Waals surface area contributed by atoms with Crippen molar-refractivity contribution in [2.75, 3.05) is 0 Å². The second-order valence-corrected chi connectivity index (χ2v) is 7.86. The first-order chi connectivity index (χ1) is 15.5. The van der Waals surface area contributed by atoms with E-state index in [1.54, 1.807) is 0 Å². The minimum atomic E-state index is 0.205. The van der Waals surface area contributed by atoms with Crippen LogP contribution in [0.5, 0.6) is 0 Å². The Labute approximate surface area is 187 Å². The van der Waals surface area contributed by atoms with E-state index in [9.17, 15) is 4.79 Å². The largest absolute Gasteiger partial charge is 0.314 e. The van der Waals surface area contributed by atoms with Gasteiger partial charge in [0.1, 0.15) is 18.2 Å². The van der Waals surface area contributed by atoms with Gasteiger partial charge in [-0.05, 0) is 42.7 Å². The molecule has 0 saturated carbocycles. The maximum absolute atomic E-state index is 12.6. The third-order valence-electron chi connectivity index (χ3n) is 5.72. The van der Waals surface area contributed by atoms with Gasteiger partial charge in [-0.1, -0.05) is 48.5 Å². The first kappa shape index (κ1) is 21.5. The molecule has 32 heavy (non-hydrogen) atoms. The van der Waals surface area contributed by atoms with Crippen molar-refractivity contribution in [3.05, 3.63) is 76.9 Å². The number of hydrogen-bond donors (Lipinski definition) is 0. The van der Waals surface area contributed by atoms with Crippen molar-refractivity contribution in [2.24, 2.45) is 0 Å². The van der Waals surface area contributed by atoms with Crippen molar-refractivity contribution in [1.82, 2.24) is 35.0 Å². The molecule has 0 atom stereocenters. The van der Waals surface area contributed by atoms with Crippen LogP contribution in [0.15, 0.2) is 48.5 Å². The number of carbonyl (C=O) groups excluding carboxylic acids is 1. The van der Waals surface area contributed by atoms with Crippen LogP contribution in [-0.2, 0) is 30.7 Å². The van der Waals surface area contributed by atoms with Gasteiger partial charge in [-0.3, -0.25) is 4.79 Å². The van der Waals surface area contributed by atoms with Gasteiger partial charge in [0.2, 0.25) is 5.82 Å². The van der Waals surface area contributed by atoms with E-state index in [0.29, 0.717) is 38.2 Å². The number of ketones is 1. The Morgan fingerprint density at radius 3 is 2.50 bits per heavy atom. The van der Waals surface area contributed by atoms with Gasteiger partial charge in [-0.2, -0.15) is 4.80 Å². The summed E-state index contributed by atoms with van der Waals surface area (Å²) >= 11 is 0. The zero-order valence-electron chi connectivity index (χ0n) is 18.7. The average Bonchev–Trinajstić information content (AvgIpc) is 3.43. The zero-order valence-corrected chi connectivity index (χ0v) is 18.7. The molecule has 0 aliphatic heterocycles. The monoisotopic (exact) mass is 429 g/mol. The fraction of sp³-hybridized carbons (Fsp3) is 0.333. The number of carbonyl (C=O) groups is 1. The molecule has 0 unspecified atom stereocenters. The highest BCUT2D eigenvalue weighted by molar-refractivity contribution is 5.81. The summed E-state index contributed by atoms with van der Waals surface area (Å²) in [6.45, 7) is 7.26. The molecule has 0 N–H and O–H groups in total. The highest BCUT2D eigenvalue weighted by Crippen LogP contribution is 2.15. The van der Waals surface area contributed by atoms with Gasteiger partial charge in [0, 0.05) is 31.4 Å². The maximum Gasteiger partial charge on any atom is 0.204 e. The molecule has 0 saturated heterocycles. The van der Waals surface area contributed by atoms with Crippen molar-refractivity contribution in [2.45, 2.75) is 53.1 Å². The van der Waals surface area contributed by atoms with E-state index < -0.39 is 0 Å². The van der Waals surface area contributed by atoms with Crippen LogP contribution in [0.2, 0.25) is 0 Å². The number of hydrogen-bond acceptors (Lipinski definition) is 6. The summed E-state index contributed by atoms with van der Waals surface area (Å²) in [5, 5.41) is 21.4. The number of aryl methyl sites for hydroxylation is 2. The van der Waals surface area contributed by atoms with Gasteiger partial charge in [0.15, 0.2) is 5.82 Å². The van der Waals surface area contributed by atoms with Gasteiger partial charge in [0.05, 0.1) is 0 Å². The molecule has 8 nitrogen and oxygen atoms in total. The average molecular weight is 430 g/mol. The molecule has 2 aromatic carbocycles. The number of tetrazole rings is 1. The summed E-state index contributed by atoms with van der Waals surface area (Å²) in [5.41, 5.74) is 4.41. The topological polar surface area (TPSA) is 91.4 Å². The minimum Gasteiger partial charge on any atom is -0.314 e. The van der Waals surface area contributed by atoms with E-state index >= 15 is 0 Å². The number of Topliss-reactive ketones (excluding diaryl/α,β-unsaturated/α-hetero) is 1. The van der Waals surface area contributed by atoms with Crippen molar-refractivity contribution < 1.29 is 4.79 Å². The summed E-state index contributed by atoms with van der Waals surface area (Å²) in [6.07, 6.45) is 1.45. The molecule has 0 fully saturated rings. The maximum atomic E-state index is 12.6. The van der Waals surface area contributed by atoms with E-state index in [1.165, 1.54) is 15.9 Å². The fourth-order valence-electron chi connectivity index (χ4n) is 3.73. The third kappa shape index (κ3) is 4.80. The Morgan fingerprint density at radius 1 is 0.938 bits per heavy atom. The van der Waals surface area contributed by atoms with Crippen molar-refractivity contribution in [3.63, 3.8) is 0 Å². The lowest BCUT2D eigenvalue weighted by Gasteiger charge is -2.09. The van der Waals surface area contributed by atoms with Crippen molar-refractivity contribution in [1.29, 1.82) is 0 Å². The van der Waals surface area contributed by atoms with E-state index in [1.807, 2.05) is 54.0 Å². The summed E-state index contributed by atoms with van der Waals surface area (Å²) < 4.78 is 2.02. The Hall–Kier alpha value is -3.68. The normalized spacial score (nSPS) is 11.1. The molecular weight excluding hydrogens is 402 g/mol. The first-order valence-corrected chi connectivity index (χ1v) is 10.9. The van der Waals surface area contributed by atoms with Crippen molar-refractivity contribution in [3.8, 4) is 11.4 Å². The molecule has 0 aliphatic carbocycles. The molecule has 2 aromatic heterocycles. The smallest absolute Gasteiger partial charge is 0.204 e. The quantitative estimate of drug-likeness (QED) is 0.405. The van der Waals surface area contributed by atoms with Crippen molar-refractivity contribution >= 4 is 5.78 Å². The highest BCUT2D eigenvalue weighted by Gasteiger charge is 2.15. The molecule has 0 aliphatic rings. The van der Waals surface area contributed by atoms with Crippen LogP contribution in [0.4, 0.5) is 0 Å². The van der Waals surface area contributed by atoms with Crippen LogP contribution >= 0.6 is 0 Å². The van der Waals surface area contributed by atoms with Gasteiger partial charge in [-0.25, -0.2) is 0 Å². The fourth-order valence-corrected chi connectivity index (χ4v) is 3.73. The molecule has 2 heterocycles. The molecule has 0 bridgehead atoms.